The summed E-state index contributed by atoms with van der Waals surface area (Å²) in [5.74, 6) is -1.67. The number of nitrogens with zero attached hydrogens (tertiary/aromatic N) is 2. The zero-order valence-electron chi connectivity index (χ0n) is 13.5. The molecule has 2 rings (SSSR count). The minimum absolute atomic E-state index is 0.0819. The molecule has 2 aromatic rings. The SMILES string of the molecule is CCOC(=O)c1oc(NC(=O)c2ccc(C(F)(F)F)nc2C)nc1C. The van der Waals surface area contributed by atoms with E-state index in [1.54, 1.807) is 6.92 Å². The number of alkyl halides is 3. The Kier molecular flexibility index (Phi) is 5.10. The van der Waals surface area contributed by atoms with Gasteiger partial charge >= 0.3 is 18.2 Å². The molecule has 0 saturated heterocycles. The summed E-state index contributed by atoms with van der Waals surface area (Å²) in [6.45, 7) is 4.51. The second kappa shape index (κ2) is 6.91. The Balaban J connectivity index is 2.20. The molecule has 0 fully saturated rings. The summed E-state index contributed by atoms with van der Waals surface area (Å²) in [5.41, 5.74) is -1.09. The Morgan fingerprint density at radius 3 is 2.44 bits per heavy atom. The molecule has 0 aliphatic rings. The summed E-state index contributed by atoms with van der Waals surface area (Å²) < 4.78 is 47.7. The lowest BCUT2D eigenvalue weighted by Gasteiger charge is -2.09. The van der Waals surface area contributed by atoms with Crippen LogP contribution in [-0.4, -0.2) is 28.5 Å². The molecule has 0 aliphatic carbocycles. The number of carbonyl (C=O) groups excluding carboxylic acids is 2. The largest absolute Gasteiger partial charge is 0.460 e. The number of oxazole rings is 1. The van der Waals surface area contributed by atoms with Gasteiger partial charge in [-0.2, -0.15) is 18.2 Å². The van der Waals surface area contributed by atoms with Gasteiger partial charge in [-0.15, -0.1) is 0 Å². The van der Waals surface area contributed by atoms with E-state index < -0.39 is 23.7 Å². The van der Waals surface area contributed by atoms with Gasteiger partial charge in [0.15, 0.2) is 0 Å². The number of anilines is 1. The molecule has 1 amide bonds. The molecule has 0 aliphatic heterocycles. The predicted octanol–water partition coefficient (Wildman–Crippen LogP) is 3.13. The smallest absolute Gasteiger partial charge is 0.433 e. The predicted molar refractivity (Wildman–Crippen MR) is 79.1 cm³/mol. The number of aromatic nitrogens is 2. The van der Waals surface area contributed by atoms with Crippen LogP contribution in [0.5, 0.6) is 0 Å². The highest BCUT2D eigenvalue weighted by molar-refractivity contribution is 6.04. The third-order valence-electron chi connectivity index (χ3n) is 3.10. The molecule has 0 radical (unpaired) electrons. The first-order valence-electron chi connectivity index (χ1n) is 7.14. The van der Waals surface area contributed by atoms with Crippen LogP contribution in [0.25, 0.3) is 0 Å². The van der Waals surface area contributed by atoms with E-state index in [1.807, 2.05) is 0 Å². The molecule has 0 bridgehead atoms. The number of ether oxygens (including phenoxy) is 1. The molecular weight excluding hydrogens is 343 g/mol. The minimum Gasteiger partial charge on any atom is -0.460 e. The second-order valence-electron chi connectivity index (χ2n) is 4.94. The topological polar surface area (TPSA) is 94.3 Å². The number of hydrogen-bond donors (Lipinski definition) is 1. The third-order valence-corrected chi connectivity index (χ3v) is 3.10. The maximum atomic E-state index is 12.6. The van der Waals surface area contributed by atoms with Crippen LogP contribution in [0.1, 0.15) is 44.9 Å². The van der Waals surface area contributed by atoms with E-state index in [-0.39, 0.29) is 35.3 Å². The van der Waals surface area contributed by atoms with Crippen LogP contribution in [0.3, 0.4) is 0 Å². The number of carbonyl (C=O) groups is 2. The quantitative estimate of drug-likeness (QED) is 0.845. The summed E-state index contributed by atoms with van der Waals surface area (Å²) in [4.78, 5) is 31.0. The van der Waals surface area contributed by atoms with Crippen molar-refractivity contribution in [1.29, 1.82) is 0 Å². The molecule has 7 nitrogen and oxygen atoms in total. The number of halogens is 3. The van der Waals surface area contributed by atoms with Crippen molar-refractivity contribution in [2.75, 3.05) is 11.9 Å². The minimum atomic E-state index is -4.60. The number of rotatable bonds is 4. The second-order valence-corrected chi connectivity index (χ2v) is 4.94. The van der Waals surface area contributed by atoms with Gasteiger partial charge in [-0.1, -0.05) is 0 Å². The van der Waals surface area contributed by atoms with Gasteiger partial charge in [-0.05, 0) is 32.9 Å². The number of esters is 1. The van der Waals surface area contributed by atoms with Gasteiger partial charge in [0.05, 0.1) is 23.6 Å². The van der Waals surface area contributed by atoms with Gasteiger partial charge < -0.3 is 9.15 Å². The van der Waals surface area contributed by atoms with E-state index in [1.165, 1.54) is 13.8 Å². The fourth-order valence-corrected chi connectivity index (χ4v) is 1.96. The van der Waals surface area contributed by atoms with Crippen LogP contribution in [-0.2, 0) is 10.9 Å². The molecule has 2 aromatic heterocycles. The molecule has 0 atom stereocenters. The molecule has 2 heterocycles. The molecule has 0 saturated carbocycles. The van der Waals surface area contributed by atoms with Crippen LogP contribution in [0.15, 0.2) is 16.5 Å². The molecular formula is C15H14F3N3O4. The van der Waals surface area contributed by atoms with Crippen LogP contribution in [0, 0.1) is 13.8 Å². The molecule has 10 heteroatoms. The number of pyridine rings is 1. The van der Waals surface area contributed by atoms with Crippen molar-refractivity contribution in [3.05, 3.63) is 40.5 Å². The van der Waals surface area contributed by atoms with Gasteiger partial charge in [0.2, 0.25) is 5.76 Å². The number of nitrogens with one attached hydrogen (secondary N) is 1. The van der Waals surface area contributed by atoms with E-state index in [0.29, 0.717) is 6.07 Å². The Morgan fingerprint density at radius 1 is 1.20 bits per heavy atom. The van der Waals surface area contributed by atoms with E-state index in [9.17, 15) is 22.8 Å². The highest BCUT2D eigenvalue weighted by Crippen LogP contribution is 2.28. The van der Waals surface area contributed by atoms with E-state index in [2.05, 4.69) is 15.3 Å². The van der Waals surface area contributed by atoms with Crippen LogP contribution in [0.2, 0.25) is 0 Å². The van der Waals surface area contributed by atoms with Crippen LogP contribution >= 0.6 is 0 Å². The average Bonchev–Trinajstić information content (AvgIpc) is 2.86. The summed E-state index contributed by atoms with van der Waals surface area (Å²) in [7, 11) is 0. The highest BCUT2D eigenvalue weighted by Gasteiger charge is 2.33. The molecule has 0 unspecified atom stereocenters. The monoisotopic (exact) mass is 357 g/mol. The molecule has 134 valence electrons. The van der Waals surface area contributed by atoms with Crippen molar-refractivity contribution in [3.8, 4) is 0 Å². The number of hydrogen-bond acceptors (Lipinski definition) is 6. The average molecular weight is 357 g/mol. The van der Waals surface area contributed by atoms with Crippen molar-refractivity contribution in [3.63, 3.8) is 0 Å². The maximum Gasteiger partial charge on any atom is 0.433 e. The standard InChI is InChI=1S/C15H14F3N3O4/c1-4-24-13(23)11-8(3)20-14(25-11)21-12(22)9-5-6-10(15(16,17)18)19-7(9)2/h5-6H,4H2,1-3H3,(H,20,21,22). The lowest BCUT2D eigenvalue weighted by Crippen LogP contribution is -2.16. The Morgan fingerprint density at radius 2 is 1.88 bits per heavy atom. The van der Waals surface area contributed by atoms with Crippen LogP contribution in [0.4, 0.5) is 19.2 Å². The van der Waals surface area contributed by atoms with E-state index in [4.69, 9.17) is 9.15 Å². The first-order valence-corrected chi connectivity index (χ1v) is 7.14. The number of aryl methyl sites for hydroxylation is 2. The van der Waals surface area contributed by atoms with Gasteiger partial charge in [0.25, 0.3) is 5.91 Å². The lowest BCUT2D eigenvalue weighted by molar-refractivity contribution is -0.141. The molecule has 0 spiro atoms. The van der Waals surface area contributed by atoms with E-state index in [0.717, 1.165) is 6.07 Å². The van der Waals surface area contributed by atoms with Gasteiger partial charge in [0.1, 0.15) is 5.69 Å². The summed E-state index contributed by atoms with van der Waals surface area (Å²) in [5, 5.41) is 2.27. The molecule has 1 N–H and O–H groups in total. The van der Waals surface area contributed by atoms with Crippen molar-refractivity contribution in [1.82, 2.24) is 9.97 Å². The molecule has 0 aromatic carbocycles. The van der Waals surface area contributed by atoms with Crippen LogP contribution < -0.4 is 5.32 Å². The van der Waals surface area contributed by atoms with Gasteiger partial charge in [0, 0.05) is 0 Å². The van der Waals surface area contributed by atoms with E-state index >= 15 is 0 Å². The van der Waals surface area contributed by atoms with Gasteiger partial charge in [-0.25, -0.2) is 9.78 Å². The number of amides is 1. The lowest BCUT2D eigenvalue weighted by atomic mass is 10.1. The van der Waals surface area contributed by atoms with Crippen molar-refractivity contribution in [2.24, 2.45) is 0 Å². The highest BCUT2D eigenvalue weighted by atomic mass is 19.4. The summed E-state index contributed by atoms with van der Waals surface area (Å²) in [6, 6.07) is 1.43. The van der Waals surface area contributed by atoms with Gasteiger partial charge in [-0.3, -0.25) is 10.1 Å². The zero-order valence-corrected chi connectivity index (χ0v) is 13.5. The maximum absolute atomic E-state index is 12.6. The normalized spacial score (nSPS) is 11.3. The molecule has 25 heavy (non-hydrogen) atoms. The fraction of sp³-hybridized carbons (Fsp3) is 0.333. The summed E-state index contributed by atoms with van der Waals surface area (Å²) in [6.07, 6.45) is -4.60. The summed E-state index contributed by atoms with van der Waals surface area (Å²) >= 11 is 0. The van der Waals surface area contributed by atoms with Crippen molar-refractivity contribution in [2.45, 2.75) is 26.9 Å². The zero-order chi connectivity index (χ0) is 18.8. The van der Waals surface area contributed by atoms with Crippen molar-refractivity contribution < 1.29 is 31.9 Å². The Hall–Kier alpha value is -2.91. The first-order chi connectivity index (χ1) is 11.6. The first kappa shape index (κ1) is 18.4. The fourth-order valence-electron chi connectivity index (χ4n) is 1.96. The third kappa shape index (κ3) is 4.14. The van der Waals surface area contributed by atoms with Crippen molar-refractivity contribution >= 4 is 17.9 Å². The Bertz CT molecular complexity index is 815. The Labute approximate surface area is 140 Å².